The lowest BCUT2D eigenvalue weighted by atomic mass is 9.97. The van der Waals surface area contributed by atoms with Crippen molar-refractivity contribution in [3.05, 3.63) is 29.8 Å². The summed E-state index contributed by atoms with van der Waals surface area (Å²) in [5.74, 6) is 0.927. The van der Waals surface area contributed by atoms with Crippen LogP contribution in [0.1, 0.15) is 32.8 Å². The zero-order valence-corrected chi connectivity index (χ0v) is 12.6. The van der Waals surface area contributed by atoms with E-state index in [0.717, 1.165) is 25.4 Å². The molecule has 0 bridgehead atoms. The summed E-state index contributed by atoms with van der Waals surface area (Å²) < 4.78 is 5.21. The van der Waals surface area contributed by atoms with Gasteiger partial charge in [0.2, 0.25) is 0 Å². The number of piperazine rings is 1. The van der Waals surface area contributed by atoms with Crippen LogP contribution in [0.2, 0.25) is 0 Å². The highest BCUT2D eigenvalue weighted by molar-refractivity contribution is 5.27. The van der Waals surface area contributed by atoms with E-state index >= 15 is 0 Å². The largest absolute Gasteiger partial charge is 0.497 e. The van der Waals surface area contributed by atoms with Crippen LogP contribution in [-0.4, -0.2) is 36.7 Å². The van der Waals surface area contributed by atoms with Crippen LogP contribution >= 0.6 is 0 Å². The fourth-order valence-electron chi connectivity index (χ4n) is 2.77. The Bertz CT molecular complexity index is 400. The molecular formula is C16H26N2O. The molecule has 19 heavy (non-hydrogen) atoms. The summed E-state index contributed by atoms with van der Waals surface area (Å²) >= 11 is 0. The number of ether oxygens (including phenoxy) is 1. The molecule has 3 heteroatoms. The lowest BCUT2D eigenvalue weighted by Crippen LogP contribution is -2.60. The summed E-state index contributed by atoms with van der Waals surface area (Å²) in [6.07, 6.45) is 1.19. The molecule has 1 N–H and O–H groups in total. The molecule has 1 fully saturated rings. The lowest BCUT2D eigenvalue weighted by Gasteiger charge is -2.44. The summed E-state index contributed by atoms with van der Waals surface area (Å²) in [5, 5.41) is 3.63. The molecule has 0 amide bonds. The van der Waals surface area contributed by atoms with Crippen molar-refractivity contribution in [3.8, 4) is 5.75 Å². The lowest BCUT2D eigenvalue weighted by molar-refractivity contribution is 0.0858. The first-order valence-corrected chi connectivity index (χ1v) is 7.16. The molecule has 3 nitrogen and oxygen atoms in total. The van der Waals surface area contributed by atoms with Gasteiger partial charge in [-0.3, -0.25) is 4.90 Å². The molecule has 1 aliphatic rings. The molecule has 2 rings (SSSR count). The molecule has 1 heterocycles. The predicted octanol–water partition coefficient (Wildman–Crippen LogP) is 2.66. The van der Waals surface area contributed by atoms with E-state index in [1.165, 1.54) is 12.0 Å². The first-order chi connectivity index (χ1) is 9.04. The average Bonchev–Trinajstić information content (AvgIpc) is 2.39. The van der Waals surface area contributed by atoms with Gasteiger partial charge in [-0.25, -0.2) is 0 Å². The monoisotopic (exact) mass is 262 g/mol. The van der Waals surface area contributed by atoms with Gasteiger partial charge < -0.3 is 10.1 Å². The van der Waals surface area contributed by atoms with E-state index in [-0.39, 0.29) is 5.54 Å². The van der Waals surface area contributed by atoms with Crippen LogP contribution in [0.4, 0.5) is 0 Å². The standard InChI is InChI=1S/C16H26N2O/c1-5-14-10-17-16(2,3)12-18(14)11-13-6-8-15(19-4)9-7-13/h6-9,14,17H,5,10-12H2,1-4H3. The van der Waals surface area contributed by atoms with E-state index in [1.54, 1.807) is 7.11 Å². The van der Waals surface area contributed by atoms with Crippen LogP contribution in [0.3, 0.4) is 0 Å². The van der Waals surface area contributed by atoms with Crippen molar-refractivity contribution >= 4 is 0 Å². The van der Waals surface area contributed by atoms with Gasteiger partial charge in [-0.05, 0) is 38.0 Å². The van der Waals surface area contributed by atoms with Gasteiger partial charge in [0.25, 0.3) is 0 Å². The Hall–Kier alpha value is -1.06. The zero-order chi connectivity index (χ0) is 13.9. The number of hydrogen-bond acceptors (Lipinski definition) is 3. The molecule has 1 saturated heterocycles. The second-order valence-corrected chi connectivity index (χ2v) is 6.08. The maximum absolute atomic E-state index is 5.21. The molecule has 106 valence electrons. The molecular weight excluding hydrogens is 236 g/mol. The second-order valence-electron chi connectivity index (χ2n) is 6.08. The number of nitrogens with one attached hydrogen (secondary N) is 1. The van der Waals surface area contributed by atoms with E-state index in [9.17, 15) is 0 Å². The number of benzene rings is 1. The van der Waals surface area contributed by atoms with Crippen molar-refractivity contribution < 1.29 is 4.74 Å². The van der Waals surface area contributed by atoms with Crippen molar-refractivity contribution in [2.45, 2.75) is 45.3 Å². The molecule has 1 atom stereocenters. The third kappa shape index (κ3) is 3.71. The molecule has 1 aromatic carbocycles. The van der Waals surface area contributed by atoms with E-state index in [0.29, 0.717) is 6.04 Å². The fourth-order valence-corrected chi connectivity index (χ4v) is 2.77. The smallest absolute Gasteiger partial charge is 0.118 e. The Balaban J connectivity index is 2.05. The normalized spacial score (nSPS) is 23.3. The summed E-state index contributed by atoms with van der Waals surface area (Å²) in [7, 11) is 1.71. The zero-order valence-electron chi connectivity index (χ0n) is 12.6. The van der Waals surface area contributed by atoms with Crippen molar-refractivity contribution in [3.63, 3.8) is 0 Å². The summed E-state index contributed by atoms with van der Waals surface area (Å²) in [6, 6.07) is 9.06. The summed E-state index contributed by atoms with van der Waals surface area (Å²) in [4.78, 5) is 2.60. The maximum Gasteiger partial charge on any atom is 0.118 e. The van der Waals surface area contributed by atoms with Crippen LogP contribution in [0.5, 0.6) is 5.75 Å². The van der Waals surface area contributed by atoms with E-state index < -0.39 is 0 Å². The second kappa shape index (κ2) is 5.93. The number of methoxy groups -OCH3 is 1. The Morgan fingerprint density at radius 1 is 1.32 bits per heavy atom. The Morgan fingerprint density at radius 3 is 2.58 bits per heavy atom. The quantitative estimate of drug-likeness (QED) is 0.903. The highest BCUT2D eigenvalue weighted by Gasteiger charge is 2.31. The maximum atomic E-state index is 5.21. The van der Waals surface area contributed by atoms with Gasteiger partial charge in [-0.1, -0.05) is 19.1 Å². The van der Waals surface area contributed by atoms with E-state index in [2.05, 4.69) is 43.1 Å². The highest BCUT2D eigenvalue weighted by atomic mass is 16.5. The van der Waals surface area contributed by atoms with Gasteiger partial charge in [-0.15, -0.1) is 0 Å². The van der Waals surface area contributed by atoms with Crippen LogP contribution in [0, 0.1) is 0 Å². The minimum Gasteiger partial charge on any atom is -0.497 e. The van der Waals surface area contributed by atoms with Crippen molar-refractivity contribution in [2.75, 3.05) is 20.2 Å². The third-order valence-corrected chi connectivity index (χ3v) is 3.95. The number of hydrogen-bond donors (Lipinski definition) is 1. The minimum atomic E-state index is 0.206. The van der Waals surface area contributed by atoms with Crippen molar-refractivity contribution in [2.24, 2.45) is 0 Å². The van der Waals surface area contributed by atoms with Gasteiger partial charge in [0, 0.05) is 31.2 Å². The third-order valence-electron chi connectivity index (χ3n) is 3.95. The highest BCUT2D eigenvalue weighted by Crippen LogP contribution is 2.21. The summed E-state index contributed by atoms with van der Waals surface area (Å²) in [6.45, 7) is 10.0. The first kappa shape index (κ1) is 14.4. The van der Waals surface area contributed by atoms with Gasteiger partial charge in [0.1, 0.15) is 5.75 Å². The molecule has 1 unspecified atom stereocenters. The van der Waals surface area contributed by atoms with Gasteiger partial charge in [0.15, 0.2) is 0 Å². The van der Waals surface area contributed by atoms with Crippen LogP contribution < -0.4 is 10.1 Å². The van der Waals surface area contributed by atoms with Crippen molar-refractivity contribution in [1.82, 2.24) is 10.2 Å². The van der Waals surface area contributed by atoms with Crippen LogP contribution in [0.15, 0.2) is 24.3 Å². The molecule has 0 aliphatic carbocycles. The molecule has 0 radical (unpaired) electrons. The molecule has 1 aromatic rings. The predicted molar refractivity (Wildman–Crippen MR) is 79.6 cm³/mol. The SMILES string of the molecule is CCC1CNC(C)(C)CN1Cc1ccc(OC)cc1. The summed E-state index contributed by atoms with van der Waals surface area (Å²) in [5.41, 5.74) is 1.56. The minimum absolute atomic E-state index is 0.206. The molecule has 0 saturated carbocycles. The van der Waals surface area contributed by atoms with Gasteiger partial charge in [-0.2, -0.15) is 0 Å². The first-order valence-electron chi connectivity index (χ1n) is 7.16. The van der Waals surface area contributed by atoms with E-state index in [1.807, 2.05) is 12.1 Å². The number of nitrogens with zero attached hydrogens (tertiary/aromatic N) is 1. The molecule has 0 aromatic heterocycles. The molecule has 1 aliphatic heterocycles. The molecule has 0 spiro atoms. The van der Waals surface area contributed by atoms with Gasteiger partial charge in [0.05, 0.1) is 7.11 Å². The van der Waals surface area contributed by atoms with Gasteiger partial charge >= 0.3 is 0 Å². The van der Waals surface area contributed by atoms with Crippen LogP contribution in [0.25, 0.3) is 0 Å². The van der Waals surface area contributed by atoms with Crippen LogP contribution in [-0.2, 0) is 6.54 Å². The average molecular weight is 262 g/mol. The Labute approximate surface area is 116 Å². The Morgan fingerprint density at radius 2 is 2.00 bits per heavy atom. The van der Waals surface area contributed by atoms with E-state index in [4.69, 9.17) is 4.74 Å². The topological polar surface area (TPSA) is 24.5 Å². The fraction of sp³-hybridized carbons (Fsp3) is 0.625. The number of rotatable bonds is 4. The Kier molecular flexibility index (Phi) is 4.48. The van der Waals surface area contributed by atoms with Crippen molar-refractivity contribution in [1.29, 1.82) is 0 Å².